The van der Waals surface area contributed by atoms with Crippen molar-refractivity contribution in [2.75, 3.05) is 0 Å². The molecule has 0 bridgehead atoms. The molecule has 0 aromatic heterocycles. The number of benzene rings is 4. The van der Waals surface area contributed by atoms with Crippen LogP contribution in [0.3, 0.4) is 0 Å². The van der Waals surface area contributed by atoms with Gasteiger partial charge in [0.25, 0.3) is 0 Å². The number of hydrogen-bond donors (Lipinski definition) is 0. The largest absolute Gasteiger partial charge is 1.00 e. The average Bonchev–Trinajstić information content (AvgIpc) is 3.34. The van der Waals surface area contributed by atoms with Gasteiger partial charge in [-0.2, -0.15) is 0 Å². The van der Waals surface area contributed by atoms with Crippen molar-refractivity contribution in [2.24, 2.45) is 0 Å². The van der Waals surface area contributed by atoms with Gasteiger partial charge >= 0.3 is 217 Å². The minimum atomic E-state index is -1.14. The predicted octanol–water partition coefficient (Wildman–Crippen LogP) is 2.39. The van der Waals surface area contributed by atoms with Gasteiger partial charge in [0.15, 0.2) is 0 Å². The predicted molar refractivity (Wildman–Crippen MR) is 144 cm³/mol. The summed E-state index contributed by atoms with van der Waals surface area (Å²) < 4.78 is 1.33. The third kappa shape index (κ3) is 4.76. The molecule has 0 nitrogen and oxygen atoms in total. The second-order valence-electron chi connectivity index (χ2n) is 9.23. The summed E-state index contributed by atoms with van der Waals surface area (Å²) in [5.41, 5.74) is 12.1. The molecule has 2 aliphatic carbocycles. The zero-order valence-corrected chi connectivity index (χ0v) is 24.9. The maximum Gasteiger partial charge on any atom is -1.00 e. The molecule has 0 N–H and O–H groups in total. The van der Waals surface area contributed by atoms with E-state index in [1.54, 1.807) is 27.6 Å². The van der Waals surface area contributed by atoms with Gasteiger partial charge in [-0.05, 0) is 0 Å². The minimum absolute atomic E-state index is 0. The van der Waals surface area contributed by atoms with Gasteiger partial charge in [0, 0.05) is 0 Å². The van der Waals surface area contributed by atoms with Crippen LogP contribution < -0.4 is 14.7 Å². The zero-order valence-electron chi connectivity index (χ0n) is 20.3. The van der Waals surface area contributed by atoms with Gasteiger partial charge in [-0.25, -0.2) is 0 Å². The quantitative estimate of drug-likeness (QED) is 0.229. The molecule has 2 aliphatic rings. The number of halogens is 2. The summed E-state index contributed by atoms with van der Waals surface area (Å²) in [6.07, 6.45) is 2.49. The van der Waals surface area contributed by atoms with Gasteiger partial charge in [-0.1, -0.05) is 0 Å². The molecule has 3 atom stereocenters. The fourth-order valence-corrected chi connectivity index (χ4v) is 14.2. The molecule has 0 saturated heterocycles. The molecule has 0 saturated carbocycles. The van der Waals surface area contributed by atoms with E-state index < -0.39 is 22.9 Å². The van der Waals surface area contributed by atoms with E-state index in [2.05, 4.69) is 123 Å². The van der Waals surface area contributed by atoms with Crippen molar-refractivity contribution in [1.29, 1.82) is 0 Å². The maximum absolute atomic E-state index is 2.49. The van der Waals surface area contributed by atoms with E-state index in [4.69, 9.17) is 0 Å². The molecule has 178 valence electrons. The van der Waals surface area contributed by atoms with Crippen LogP contribution in [-0.4, -0.2) is 0 Å². The smallest absolute Gasteiger partial charge is 1.00 e. The van der Waals surface area contributed by atoms with E-state index in [-0.39, 0.29) is 9.41 Å². The third-order valence-corrected chi connectivity index (χ3v) is 16.5. The summed E-state index contributed by atoms with van der Waals surface area (Å²) in [6, 6.07) is 38.1. The van der Waals surface area contributed by atoms with E-state index in [1.165, 1.54) is 27.6 Å². The first-order chi connectivity index (χ1) is 16.7. The summed E-state index contributed by atoms with van der Waals surface area (Å²) >= 11 is -1.14. The first kappa shape index (κ1) is 26.6. The summed E-state index contributed by atoms with van der Waals surface area (Å²) in [6.45, 7) is 4.80. The van der Waals surface area contributed by atoms with Crippen LogP contribution in [0.25, 0.3) is 22.5 Å². The van der Waals surface area contributed by atoms with E-state index >= 15 is 0 Å². The molecule has 4 aromatic rings. The molecule has 0 spiro atoms. The molecular formula is C32H27F2HfP. The molecule has 0 aliphatic heterocycles. The molecule has 0 heterocycles. The Morgan fingerprint density at radius 2 is 1.22 bits per heavy atom. The van der Waals surface area contributed by atoms with Crippen LogP contribution in [0, 0.1) is 0 Å². The standard InChI is InChI=1S/C16H14P.C16H13.2FH.Hf/c1-12-11-13-7-5-6-10-15(13)16(12)17-14-8-3-2-4-9-14;1-12-10-14-8-5-9-15(16(14)11-12)13-6-3-2-4-7-13;;;/h2-11,17H,1H3;2-11H,1H3;2*1H;/q;;;;+2/p-2. The van der Waals surface area contributed by atoms with Crippen LogP contribution in [0.15, 0.2) is 114 Å². The van der Waals surface area contributed by atoms with Crippen molar-refractivity contribution in [3.8, 4) is 11.1 Å². The van der Waals surface area contributed by atoms with Crippen molar-refractivity contribution in [3.05, 3.63) is 137 Å². The Kier molecular flexibility index (Phi) is 8.33. The van der Waals surface area contributed by atoms with Gasteiger partial charge in [0.2, 0.25) is 0 Å². The number of allylic oxidation sites excluding steroid dienone is 2. The second kappa shape index (κ2) is 11.3. The zero-order chi connectivity index (χ0) is 23.1. The third-order valence-electron chi connectivity index (χ3n) is 7.11. The monoisotopic (exact) mass is 660 g/mol. The minimum Gasteiger partial charge on any atom is -1.00 e. The Bertz CT molecular complexity index is 1430. The number of hydrogen-bond acceptors (Lipinski definition) is 0. The molecule has 6 rings (SSSR count). The fraction of sp³-hybridized carbons (Fsp3) is 0.125. The van der Waals surface area contributed by atoms with Crippen LogP contribution >= 0.6 is 8.58 Å². The Morgan fingerprint density at radius 3 is 1.97 bits per heavy atom. The molecule has 0 fully saturated rings. The van der Waals surface area contributed by atoms with Crippen LogP contribution in [0.2, 0.25) is 0 Å². The van der Waals surface area contributed by atoms with E-state index in [0.717, 1.165) is 8.58 Å². The molecule has 4 heteroatoms. The molecule has 36 heavy (non-hydrogen) atoms. The SMILES string of the molecule is CC1=Cc2c(-c3ccccc3)cccc2[CH]1[Hf+2][CH]1C(C)=C(Pc2ccccc2)c2ccccc21.[F-].[F-]. The first-order valence-corrected chi connectivity index (χ1v) is 17.1. The Hall–Kier alpha value is -2.48. The van der Waals surface area contributed by atoms with Gasteiger partial charge in [0.1, 0.15) is 0 Å². The summed E-state index contributed by atoms with van der Waals surface area (Å²) in [7, 11) is 0.737. The van der Waals surface area contributed by atoms with Crippen molar-refractivity contribution >= 4 is 25.3 Å². The molecule has 0 radical (unpaired) electrons. The summed E-state index contributed by atoms with van der Waals surface area (Å²) in [5, 5.41) is 3.03. The van der Waals surface area contributed by atoms with Crippen molar-refractivity contribution in [2.45, 2.75) is 21.2 Å². The first-order valence-electron chi connectivity index (χ1n) is 12.0. The van der Waals surface area contributed by atoms with Gasteiger partial charge < -0.3 is 9.41 Å². The molecule has 0 amide bonds. The maximum atomic E-state index is 2.49. The van der Waals surface area contributed by atoms with Crippen LogP contribution in [0.1, 0.15) is 43.5 Å². The Morgan fingerprint density at radius 1 is 0.611 bits per heavy atom. The van der Waals surface area contributed by atoms with Crippen LogP contribution in [0.5, 0.6) is 0 Å². The van der Waals surface area contributed by atoms with Gasteiger partial charge in [0.05, 0.1) is 0 Å². The Labute approximate surface area is 225 Å². The summed E-state index contributed by atoms with van der Waals surface area (Å²) in [4.78, 5) is 0. The van der Waals surface area contributed by atoms with Crippen molar-refractivity contribution < 1.29 is 32.3 Å². The number of fused-ring (bicyclic) bond motifs is 2. The Balaban J connectivity index is 0.00000152. The van der Waals surface area contributed by atoms with Crippen LogP contribution in [0.4, 0.5) is 0 Å². The van der Waals surface area contributed by atoms with Gasteiger partial charge in [-0.3, -0.25) is 0 Å². The van der Waals surface area contributed by atoms with Gasteiger partial charge in [-0.15, -0.1) is 0 Å². The molecule has 3 unspecified atom stereocenters. The normalized spacial score (nSPS) is 17.7. The molecule has 4 aromatic carbocycles. The summed E-state index contributed by atoms with van der Waals surface area (Å²) in [5.74, 6) is 0. The van der Waals surface area contributed by atoms with E-state index in [1.807, 2.05) is 0 Å². The fourth-order valence-electron chi connectivity index (χ4n) is 5.42. The molecular weight excluding hydrogens is 632 g/mol. The van der Waals surface area contributed by atoms with Crippen LogP contribution in [-0.2, 0) is 22.9 Å². The second-order valence-corrected chi connectivity index (χ2v) is 15.9. The average molecular weight is 659 g/mol. The topological polar surface area (TPSA) is 0 Å². The van der Waals surface area contributed by atoms with E-state index in [0.29, 0.717) is 7.35 Å². The number of rotatable bonds is 5. The van der Waals surface area contributed by atoms with Crippen molar-refractivity contribution in [1.82, 2.24) is 0 Å². The van der Waals surface area contributed by atoms with E-state index in [9.17, 15) is 0 Å². The van der Waals surface area contributed by atoms with Crippen molar-refractivity contribution in [3.63, 3.8) is 0 Å².